The van der Waals surface area contributed by atoms with E-state index in [0.29, 0.717) is 5.56 Å². The van der Waals surface area contributed by atoms with E-state index in [2.05, 4.69) is 27.3 Å². The number of nitriles is 1. The molecule has 0 aromatic heterocycles. The number of benzene rings is 1. The van der Waals surface area contributed by atoms with Gasteiger partial charge in [-0.3, -0.25) is 0 Å². The zero-order valence-corrected chi connectivity index (χ0v) is 8.35. The monoisotopic (exact) mass is 224 g/mol. The maximum absolute atomic E-state index is 8.76. The fourth-order valence-corrected chi connectivity index (χ4v) is 1.31. The second kappa shape index (κ2) is 4.13. The molecule has 62 valence electrons. The Balaban J connectivity index is 3.05. The molecule has 0 atom stereocenters. The van der Waals surface area contributed by atoms with Gasteiger partial charge in [0.05, 0.1) is 11.3 Å². The van der Waals surface area contributed by atoms with Gasteiger partial charge in [0, 0.05) is 11.0 Å². The first-order valence-electron chi connectivity index (χ1n) is 3.71. The molecule has 0 heterocycles. The molecule has 0 spiro atoms. The Kier molecular flexibility index (Phi) is 3.12. The normalized spacial score (nSPS) is 9.08. The first-order chi connectivity index (χ1) is 5.77. The minimum atomic E-state index is 0.672. The van der Waals surface area contributed by atoms with Crippen molar-refractivity contribution < 1.29 is 0 Å². The van der Waals surface area contributed by atoms with E-state index in [9.17, 15) is 0 Å². The molecule has 0 fully saturated rings. The van der Waals surface area contributed by atoms with Crippen LogP contribution in [0.25, 0.3) is 0 Å². The number of halogens is 1. The molecule has 0 bridgehead atoms. The van der Waals surface area contributed by atoms with Crippen LogP contribution in [0.3, 0.4) is 0 Å². The Morgan fingerprint density at radius 2 is 2.33 bits per heavy atom. The number of hydrogen-bond acceptors (Lipinski definition) is 2. The van der Waals surface area contributed by atoms with Crippen molar-refractivity contribution in [2.75, 3.05) is 11.9 Å². The smallest absolute Gasteiger partial charge is 0.101 e. The van der Waals surface area contributed by atoms with Crippen LogP contribution >= 0.6 is 15.9 Å². The molecule has 0 amide bonds. The van der Waals surface area contributed by atoms with E-state index in [1.807, 2.05) is 19.1 Å². The number of nitrogens with zero attached hydrogens (tertiary/aromatic N) is 1. The average molecular weight is 225 g/mol. The lowest BCUT2D eigenvalue weighted by Crippen LogP contribution is -1.98. The molecule has 0 aliphatic rings. The molecule has 1 N–H and O–H groups in total. The van der Waals surface area contributed by atoms with Gasteiger partial charge in [0.15, 0.2) is 0 Å². The lowest BCUT2D eigenvalue weighted by molar-refractivity contribution is 1.21. The number of hydrogen-bond donors (Lipinski definition) is 1. The molecule has 0 saturated carbocycles. The Bertz CT molecular complexity index is 315. The van der Waals surface area contributed by atoms with Gasteiger partial charge in [-0.05, 0) is 25.1 Å². The van der Waals surface area contributed by atoms with Crippen molar-refractivity contribution in [3.8, 4) is 6.07 Å². The zero-order chi connectivity index (χ0) is 8.97. The molecule has 3 heteroatoms. The third-order valence-corrected chi connectivity index (χ3v) is 1.96. The first kappa shape index (κ1) is 9.08. The quantitative estimate of drug-likeness (QED) is 0.839. The zero-order valence-electron chi connectivity index (χ0n) is 6.76. The minimum Gasteiger partial charge on any atom is -0.384 e. The molecule has 0 saturated heterocycles. The van der Waals surface area contributed by atoms with Crippen LogP contribution in [0.4, 0.5) is 5.69 Å². The predicted octanol–water partition coefficient (Wildman–Crippen LogP) is 2.75. The number of nitrogens with one attached hydrogen (secondary N) is 1. The number of anilines is 1. The lowest BCUT2D eigenvalue weighted by atomic mass is 10.2. The van der Waals surface area contributed by atoms with Crippen molar-refractivity contribution in [1.29, 1.82) is 5.26 Å². The maximum Gasteiger partial charge on any atom is 0.101 e. The van der Waals surface area contributed by atoms with Crippen molar-refractivity contribution in [1.82, 2.24) is 0 Å². The Labute approximate surface area is 80.3 Å². The van der Waals surface area contributed by atoms with E-state index >= 15 is 0 Å². The molecular weight excluding hydrogens is 216 g/mol. The largest absolute Gasteiger partial charge is 0.384 e. The van der Waals surface area contributed by atoms with Crippen LogP contribution in [-0.4, -0.2) is 6.54 Å². The molecule has 1 aromatic carbocycles. The SMILES string of the molecule is CCNc1ccc(Br)cc1C#N. The van der Waals surface area contributed by atoms with Gasteiger partial charge < -0.3 is 5.32 Å². The molecule has 1 rings (SSSR count). The summed E-state index contributed by atoms with van der Waals surface area (Å²) >= 11 is 3.31. The lowest BCUT2D eigenvalue weighted by Gasteiger charge is -2.04. The summed E-state index contributed by atoms with van der Waals surface area (Å²) in [5, 5.41) is 11.9. The number of rotatable bonds is 2. The van der Waals surface area contributed by atoms with E-state index in [0.717, 1.165) is 16.7 Å². The van der Waals surface area contributed by atoms with E-state index in [-0.39, 0.29) is 0 Å². The van der Waals surface area contributed by atoms with Crippen molar-refractivity contribution in [2.45, 2.75) is 6.92 Å². The summed E-state index contributed by atoms with van der Waals surface area (Å²) in [6, 6.07) is 7.74. The van der Waals surface area contributed by atoms with Gasteiger partial charge >= 0.3 is 0 Å². The molecule has 0 radical (unpaired) electrons. The average Bonchev–Trinajstić information content (AvgIpc) is 2.08. The highest BCUT2D eigenvalue weighted by molar-refractivity contribution is 9.10. The Hall–Kier alpha value is -1.01. The highest BCUT2D eigenvalue weighted by Gasteiger charge is 1.99. The minimum absolute atomic E-state index is 0.672. The van der Waals surface area contributed by atoms with Crippen LogP contribution in [0.2, 0.25) is 0 Å². The van der Waals surface area contributed by atoms with Crippen molar-refractivity contribution in [2.24, 2.45) is 0 Å². The standard InChI is InChI=1S/C9H9BrN2/c1-2-12-9-4-3-8(10)5-7(9)6-11/h3-5,12H,2H2,1H3. The van der Waals surface area contributed by atoms with Crippen LogP contribution in [0.15, 0.2) is 22.7 Å². The van der Waals surface area contributed by atoms with Crippen LogP contribution < -0.4 is 5.32 Å². The van der Waals surface area contributed by atoms with Gasteiger partial charge in [-0.1, -0.05) is 15.9 Å². The highest BCUT2D eigenvalue weighted by Crippen LogP contribution is 2.19. The van der Waals surface area contributed by atoms with Gasteiger partial charge in [0.1, 0.15) is 6.07 Å². The fraction of sp³-hybridized carbons (Fsp3) is 0.222. The van der Waals surface area contributed by atoms with Gasteiger partial charge in [0.2, 0.25) is 0 Å². The topological polar surface area (TPSA) is 35.8 Å². The first-order valence-corrected chi connectivity index (χ1v) is 4.50. The summed E-state index contributed by atoms with van der Waals surface area (Å²) < 4.78 is 0.931. The van der Waals surface area contributed by atoms with Gasteiger partial charge in [-0.15, -0.1) is 0 Å². The second-order valence-electron chi connectivity index (χ2n) is 2.33. The van der Waals surface area contributed by atoms with E-state index in [1.54, 1.807) is 6.07 Å². The molecule has 12 heavy (non-hydrogen) atoms. The fourth-order valence-electron chi connectivity index (χ4n) is 0.954. The van der Waals surface area contributed by atoms with Crippen molar-refractivity contribution >= 4 is 21.6 Å². The van der Waals surface area contributed by atoms with Crippen molar-refractivity contribution in [3.05, 3.63) is 28.2 Å². The predicted molar refractivity (Wildman–Crippen MR) is 53.0 cm³/mol. The third-order valence-electron chi connectivity index (χ3n) is 1.47. The second-order valence-corrected chi connectivity index (χ2v) is 3.25. The molecular formula is C9H9BrN2. The molecule has 1 aromatic rings. The summed E-state index contributed by atoms with van der Waals surface area (Å²) in [5.41, 5.74) is 1.56. The van der Waals surface area contributed by atoms with Gasteiger partial charge in [0.25, 0.3) is 0 Å². The maximum atomic E-state index is 8.76. The van der Waals surface area contributed by atoms with Crippen LogP contribution in [0.1, 0.15) is 12.5 Å². The Morgan fingerprint density at radius 3 is 2.92 bits per heavy atom. The molecule has 0 unspecified atom stereocenters. The summed E-state index contributed by atoms with van der Waals surface area (Å²) in [4.78, 5) is 0. The van der Waals surface area contributed by atoms with Gasteiger partial charge in [-0.2, -0.15) is 5.26 Å². The van der Waals surface area contributed by atoms with E-state index < -0.39 is 0 Å². The Morgan fingerprint density at radius 1 is 1.58 bits per heavy atom. The van der Waals surface area contributed by atoms with Crippen LogP contribution in [0, 0.1) is 11.3 Å². The summed E-state index contributed by atoms with van der Waals surface area (Å²) in [5.74, 6) is 0. The summed E-state index contributed by atoms with van der Waals surface area (Å²) in [6.45, 7) is 2.83. The summed E-state index contributed by atoms with van der Waals surface area (Å²) in [7, 11) is 0. The highest BCUT2D eigenvalue weighted by atomic mass is 79.9. The van der Waals surface area contributed by atoms with E-state index in [4.69, 9.17) is 5.26 Å². The molecule has 0 aliphatic carbocycles. The van der Waals surface area contributed by atoms with Gasteiger partial charge in [-0.25, -0.2) is 0 Å². The molecule has 0 aliphatic heterocycles. The summed E-state index contributed by atoms with van der Waals surface area (Å²) in [6.07, 6.45) is 0. The van der Waals surface area contributed by atoms with Crippen LogP contribution in [0.5, 0.6) is 0 Å². The van der Waals surface area contributed by atoms with E-state index in [1.165, 1.54) is 0 Å². The van der Waals surface area contributed by atoms with Crippen LogP contribution in [-0.2, 0) is 0 Å². The third kappa shape index (κ3) is 1.99. The van der Waals surface area contributed by atoms with Crippen molar-refractivity contribution in [3.63, 3.8) is 0 Å². The molecule has 2 nitrogen and oxygen atoms in total.